The van der Waals surface area contributed by atoms with E-state index in [2.05, 4.69) is 21.0 Å². The Morgan fingerprint density at radius 3 is 2.68 bits per heavy atom. The number of benzene rings is 2. The lowest BCUT2D eigenvalue weighted by atomic mass is 10.1. The summed E-state index contributed by atoms with van der Waals surface area (Å²) in [5.41, 5.74) is 2.52. The summed E-state index contributed by atoms with van der Waals surface area (Å²) in [4.78, 5) is 24.4. The van der Waals surface area contributed by atoms with Gasteiger partial charge in [-0.3, -0.25) is 9.59 Å². The van der Waals surface area contributed by atoms with Crippen LogP contribution >= 0.6 is 15.9 Å². The van der Waals surface area contributed by atoms with Gasteiger partial charge in [-0.1, -0.05) is 35.0 Å². The second-order valence-electron chi connectivity index (χ2n) is 6.08. The summed E-state index contributed by atoms with van der Waals surface area (Å²) in [7, 11) is 1.50. The largest absolute Gasteiger partial charge is 0.493 e. The molecule has 0 spiro atoms. The molecule has 1 heterocycles. The maximum absolute atomic E-state index is 12.9. The second kappa shape index (κ2) is 8.39. The van der Waals surface area contributed by atoms with Crippen molar-refractivity contribution in [3.05, 3.63) is 58.1 Å². The number of hydrogen-bond acceptors (Lipinski definition) is 5. The highest BCUT2D eigenvalue weighted by Gasteiger charge is 2.28. The molecule has 1 amide bonds. The number of esters is 1. The Morgan fingerprint density at radius 2 is 2.00 bits per heavy atom. The van der Waals surface area contributed by atoms with Crippen LogP contribution in [0.2, 0.25) is 0 Å². The van der Waals surface area contributed by atoms with Crippen molar-refractivity contribution in [2.45, 2.75) is 20.3 Å². The van der Waals surface area contributed by atoms with Gasteiger partial charge in [0.25, 0.3) is 5.91 Å². The van der Waals surface area contributed by atoms with Crippen LogP contribution in [0.15, 0.2) is 57.6 Å². The molecule has 3 rings (SSSR count). The van der Waals surface area contributed by atoms with Crippen molar-refractivity contribution < 1.29 is 19.1 Å². The van der Waals surface area contributed by atoms with Gasteiger partial charge in [0.2, 0.25) is 0 Å². The number of methoxy groups -OCH3 is 1. The number of ether oxygens (including phenoxy) is 2. The molecule has 7 heteroatoms. The first-order valence-corrected chi connectivity index (χ1v) is 9.48. The van der Waals surface area contributed by atoms with Crippen molar-refractivity contribution in [1.82, 2.24) is 0 Å². The van der Waals surface area contributed by atoms with Crippen LogP contribution in [0.4, 0.5) is 5.69 Å². The van der Waals surface area contributed by atoms with Gasteiger partial charge < -0.3 is 9.47 Å². The normalized spacial score (nSPS) is 15.0. The van der Waals surface area contributed by atoms with Gasteiger partial charge in [0.1, 0.15) is 0 Å². The number of hydrogen-bond donors (Lipinski definition) is 0. The summed E-state index contributed by atoms with van der Waals surface area (Å²) >= 11 is 3.41. The zero-order valence-corrected chi connectivity index (χ0v) is 17.3. The van der Waals surface area contributed by atoms with E-state index in [4.69, 9.17) is 9.47 Å². The number of carbonyl (C=O) groups excluding carboxylic acids is 2. The number of amides is 1. The molecule has 144 valence electrons. The Balaban J connectivity index is 1.90. The third-order valence-corrected chi connectivity index (χ3v) is 4.62. The van der Waals surface area contributed by atoms with Gasteiger partial charge >= 0.3 is 5.97 Å². The molecule has 0 saturated heterocycles. The van der Waals surface area contributed by atoms with Crippen LogP contribution in [0.5, 0.6) is 11.5 Å². The van der Waals surface area contributed by atoms with E-state index in [-0.39, 0.29) is 18.3 Å². The third kappa shape index (κ3) is 4.14. The fourth-order valence-corrected chi connectivity index (χ4v) is 3.07. The van der Waals surface area contributed by atoms with E-state index in [1.165, 1.54) is 12.1 Å². The van der Waals surface area contributed by atoms with Crippen LogP contribution in [0, 0.1) is 0 Å². The lowest BCUT2D eigenvalue weighted by Crippen LogP contribution is -2.21. The number of halogens is 1. The van der Waals surface area contributed by atoms with Gasteiger partial charge in [-0.25, -0.2) is 0 Å². The standard InChI is InChI=1S/C21H19BrN2O4/c1-4-20(25)28-18-9-8-14(11-19(18)27-3)10-17-13(2)23-24(21(17)26)16-7-5-6-15(22)12-16/h5-12H,4H2,1-3H3. The minimum absolute atomic E-state index is 0.212. The van der Waals surface area contributed by atoms with Gasteiger partial charge in [-0.05, 0) is 48.9 Å². The quantitative estimate of drug-likeness (QED) is 0.386. The highest BCUT2D eigenvalue weighted by atomic mass is 79.9. The van der Waals surface area contributed by atoms with Crippen LogP contribution in [0.3, 0.4) is 0 Å². The van der Waals surface area contributed by atoms with Crippen LogP contribution in [-0.2, 0) is 9.59 Å². The van der Waals surface area contributed by atoms with Crippen LogP contribution in [0.1, 0.15) is 25.8 Å². The first-order chi connectivity index (χ1) is 13.4. The summed E-state index contributed by atoms with van der Waals surface area (Å²) in [6.07, 6.45) is 2.01. The summed E-state index contributed by atoms with van der Waals surface area (Å²) in [6, 6.07) is 12.5. The molecule has 0 aliphatic carbocycles. The third-order valence-electron chi connectivity index (χ3n) is 4.13. The van der Waals surface area contributed by atoms with E-state index in [1.807, 2.05) is 24.3 Å². The maximum Gasteiger partial charge on any atom is 0.311 e. The van der Waals surface area contributed by atoms with Crippen molar-refractivity contribution >= 4 is 45.3 Å². The number of rotatable bonds is 5. The lowest BCUT2D eigenvalue weighted by Gasteiger charge is -2.12. The number of nitrogens with zero attached hydrogens (tertiary/aromatic N) is 2. The van der Waals surface area contributed by atoms with Gasteiger partial charge in [-0.2, -0.15) is 10.1 Å². The monoisotopic (exact) mass is 442 g/mol. The molecule has 0 radical (unpaired) electrons. The van der Waals surface area contributed by atoms with E-state index in [9.17, 15) is 9.59 Å². The summed E-state index contributed by atoms with van der Waals surface area (Å²) in [5.74, 6) is 0.203. The molecule has 0 N–H and O–H groups in total. The molecule has 2 aromatic carbocycles. The Morgan fingerprint density at radius 1 is 1.21 bits per heavy atom. The van der Waals surface area contributed by atoms with Gasteiger partial charge in [0.05, 0.1) is 24.1 Å². The first kappa shape index (κ1) is 19.8. The average molecular weight is 443 g/mol. The Labute approximate surface area is 171 Å². The van der Waals surface area contributed by atoms with Gasteiger partial charge in [0.15, 0.2) is 11.5 Å². The van der Waals surface area contributed by atoms with Crippen molar-refractivity contribution in [2.24, 2.45) is 5.10 Å². The highest BCUT2D eigenvalue weighted by molar-refractivity contribution is 9.10. The molecule has 1 aliphatic heterocycles. The summed E-state index contributed by atoms with van der Waals surface area (Å²) in [5, 5.41) is 5.76. The smallest absolute Gasteiger partial charge is 0.311 e. The molecule has 0 unspecified atom stereocenters. The fraction of sp³-hybridized carbons (Fsp3) is 0.190. The topological polar surface area (TPSA) is 68.2 Å². The summed E-state index contributed by atoms with van der Waals surface area (Å²) < 4.78 is 11.4. The molecule has 28 heavy (non-hydrogen) atoms. The molecular weight excluding hydrogens is 424 g/mol. The van der Waals surface area contributed by atoms with Crippen molar-refractivity contribution in [3.8, 4) is 11.5 Å². The molecule has 0 bridgehead atoms. The summed E-state index contributed by atoms with van der Waals surface area (Å²) in [6.45, 7) is 3.51. The number of carbonyl (C=O) groups is 2. The lowest BCUT2D eigenvalue weighted by molar-refractivity contribution is -0.134. The second-order valence-corrected chi connectivity index (χ2v) is 6.99. The average Bonchev–Trinajstić information content (AvgIpc) is 2.97. The van der Waals surface area contributed by atoms with Gasteiger partial charge in [-0.15, -0.1) is 0 Å². The number of hydrazone groups is 1. The minimum atomic E-state index is -0.344. The Kier molecular flexibility index (Phi) is 5.94. The SMILES string of the molecule is CCC(=O)Oc1ccc(C=C2C(=O)N(c3cccc(Br)c3)N=C2C)cc1OC. The van der Waals surface area contributed by atoms with E-state index >= 15 is 0 Å². The van der Waals surface area contributed by atoms with Crippen LogP contribution in [0.25, 0.3) is 6.08 Å². The predicted octanol–water partition coefficient (Wildman–Crippen LogP) is 4.58. The molecule has 6 nitrogen and oxygen atoms in total. The van der Waals surface area contributed by atoms with Crippen molar-refractivity contribution in [3.63, 3.8) is 0 Å². The molecule has 0 atom stereocenters. The highest BCUT2D eigenvalue weighted by Crippen LogP contribution is 2.31. The van der Waals surface area contributed by atoms with Crippen molar-refractivity contribution in [2.75, 3.05) is 12.1 Å². The first-order valence-electron chi connectivity index (χ1n) is 8.69. The van der Waals surface area contributed by atoms with Gasteiger partial charge in [0, 0.05) is 10.9 Å². The Hall–Kier alpha value is -2.93. The van der Waals surface area contributed by atoms with Crippen LogP contribution in [-0.4, -0.2) is 24.7 Å². The maximum atomic E-state index is 12.9. The zero-order chi connectivity index (χ0) is 20.3. The zero-order valence-electron chi connectivity index (χ0n) is 15.7. The van der Waals surface area contributed by atoms with E-state index in [0.29, 0.717) is 28.5 Å². The Bertz CT molecular complexity index is 998. The van der Waals surface area contributed by atoms with E-state index in [1.54, 1.807) is 38.1 Å². The number of anilines is 1. The van der Waals surface area contributed by atoms with E-state index < -0.39 is 0 Å². The fourth-order valence-electron chi connectivity index (χ4n) is 2.69. The molecule has 0 fully saturated rings. The van der Waals surface area contributed by atoms with Crippen LogP contribution < -0.4 is 14.5 Å². The molecule has 0 aromatic heterocycles. The molecule has 2 aromatic rings. The minimum Gasteiger partial charge on any atom is -0.493 e. The molecular formula is C21H19BrN2O4. The van der Waals surface area contributed by atoms with Crippen molar-refractivity contribution in [1.29, 1.82) is 0 Å². The molecule has 0 saturated carbocycles. The van der Waals surface area contributed by atoms with E-state index in [0.717, 1.165) is 10.0 Å². The molecule has 1 aliphatic rings. The predicted molar refractivity (Wildman–Crippen MR) is 112 cm³/mol.